The van der Waals surface area contributed by atoms with E-state index in [1.54, 1.807) is 36.4 Å². The molecule has 0 unspecified atom stereocenters. The van der Waals surface area contributed by atoms with Gasteiger partial charge in [0.1, 0.15) is 11.2 Å². The van der Waals surface area contributed by atoms with Gasteiger partial charge in [0.05, 0.1) is 9.85 Å². The first-order valence-corrected chi connectivity index (χ1v) is 20.8. The van der Waals surface area contributed by atoms with Gasteiger partial charge < -0.3 is 30.7 Å². The van der Waals surface area contributed by atoms with E-state index in [1.807, 2.05) is 36.4 Å². The van der Waals surface area contributed by atoms with Crippen molar-refractivity contribution in [3.8, 4) is 0 Å². The Morgan fingerprint density at radius 2 is 1.05 bits per heavy atom. The Labute approximate surface area is 363 Å². The van der Waals surface area contributed by atoms with Crippen LogP contribution in [-0.2, 0) is 33.8 Å². The molecule has 324 valence electrons. The molecule has 0 saturated heterocycles. The van der Waals surface area contributed by atoms with Crippen molar-refractivity contribution in [2.75, 3.05) is 10.6 Å². The molecule has 64 heavy (non-hydrogen) atoms. The van der Waals surface area contributed by atoms with E-state index < -0.39 is 27.2 Å². The number of anilines is 4. The van der Waals surface area contributed by atoms with Gasteiger partial charge in [0.15, 0.2) is 11.6 Å². The van der Waals surface area contributed by atoms with E-state index >= 15 is 0 Å². The summed E-state index contributed by atoms with van der Waals surface area (Å²) in [5.74, 6) is 0.575. The van der Waals surface area contributed by atoms with Crippen LogP contribution in [0.25, 0.3) is 0 Å². The molecule has 4 aromatic carbocycles. The molecule has 2 aliphatic carbocycles. The molecule has 6 N–H and O–H groups in total. The predicted molar refractivity (Wildman–Crippen MR) is 229 cm³/mol. The highest BCUT2D eigenvalue weighted by Crippen LogP contribution is 2.53. The summed E-state index contributed by atoms with van der Waals surface area (Å²) in [6, 6.07) is 26.6. The number of hydrogen-bond acceptors (Lipinski definition) is 13. The minimum absolute atomic E-state index is 0.107. The maximum absolute atomic E-state index is 14.4. The number of rotatable bonds is 12. The van der Waals surface area contributed by atoms with Crippen molar-refractivity contribution in [2.24, 2.45) is 0 Å². The number of nitrogens with one attached hydrogen (secondary N) is 6. The van der Waals surface area contributed by atoms with Crippen molar-refractivity contribution in [1.82, 2.24) is 31.0 Å². The van der Waals surface area contributed by atoms with Gasteiger partial charge in [-0.1, -0.05) is 0 Å². The second-order valence-electron chi connectivity index (χ2n) is 16.7. The number of nitro benzene ring substituents is 2. The number of carbonyl (C=O) groups excluding carboxylic acids is 3. The van der Waals surface area contributed by atoms with E-state index in [9.17, 15) is 34.6 Å². The van der Waals surface area contributed by atoms with Gasteiger partial charge in [-0.3, -0.25) is 40.0 Å². The number of carbonyl (C=O) groups is 3. The number of aromatic amines is 2. The van der Waals surface area contributed by atoms with Crippen molar-refractivity contribution in [3.63, 3.8) is 0 Å². The molecule has 0 spiro atoms. The maximum Gasteiger partial charge on any atom is 0.510 e. The topological polar surface area (TPSA) is 261 Å². The summed E-state index contributed by atoms with van der Waals surface area (Å²) in [5.41, 5.74) is 4.57. The minimum atomic E-state index is -1.24. The number of hydrogen-bond donors (Lipinski definition) is 6. The molecule has 4 aliphatic rings. The van der Waals surface area contributed by atoms with Crippen LogP contribution in [0, 0.1) is 20.2 Å². The van der Waals surface area contributed by atoms with E-state index in [1.165, 1.54) is 24.3 Å². The second kappa shape index (κ2) is 15.7. The van der Waals surface area contributed by atoms with E-state index in [4.69, 9.17) is 9.47 Å². The van der Waals surface area contributed by atoms with E-state index in [-0.39, 0.29) is 35.0 Å². The van der Waals surface area contributed by atoms with Crippen molar-refractivity contribution in [2.45, 2.75) is 74.7 Å². The maximum atomic E-state index is 14.4. The summed E-state index contributed by atoms with van der Waals surface area (Å²) in [4.78, 5) is 60.7. The van der Waals surface area contributed by atoms with E-state index in [2.05, 4.69) is 41.7 Å². The molecule has 4 atom stereocenters. The lowest BCUT2D eigenvalue weighted by molar-refractivity contribution is -0.385. The van der Waals surface area contributed by atoms with Crippen molar-refractivity contribution in [3.05, 3.63) is 162 Å². The van der Waals surface area contributed by atoms with E-state index in [0.717, 1.165) is 33.9 Å². The zero-order valence-corrected chi connectivity index (χ0v) is 34.0. The summed E-state index contributed by atoms with van der Waals surface area (Å²) >= 11 is 0. The average molecular weight is 865 g/mol. The third-order valence-corrected chi connectivity index (χ3v) is 12.9. The highest BCUT2D eigenvalue weighted by Gasteiger charge is 2.50. The van der Waals surface area contributed by atoms with Crippen LogP contribution in [-0.4, -0.2) is 48.2 Å². The molecular weight excluding hydrogens is 825 g/mol. The molecule has 2 amide bonds. The van der Waals surface area contributed by atoms with Crippen molar-refractivity contribution >= 4 is 52.4 Å². The van der Waals surface area contributed by atoms with Crippen molar-refractivity contribution in [1.29, 1.82) is 0 Å². The lowest BCUT2D eigenvalue weighted by Gasteiger charge is -2.34. The third kappa shape index (κ3) is 7.49. The Hall–Kier alpha value is -8.09. The first-order valence-electron chi connectivity index (χ1n) is 20.8. The van der Waals surface area contributed by atoms with Gasteiger partial charge in [-0.25, -0.2) is 4.79 Å². The average Bonchev–Trinajstić information content (AvgIpc) is 4.17. The molecule has 2 fully saturated rings. The zero-order chi connectivity index (χ0) is 44.2. The number of amides is 2. The zero-order valence-electron chi connectivity index (χ0n) is 34.0. The number of nitro groups is 2. The Kier molecular flexibility index (Phi) is 9.80. The summed E-state index contributed by atoms with van der Waals surface area (Å²) in [5, 5.41) is 50.7. The van der Waals surface area contributed by atoms with Gasteiger partial charge in [0.25, 0.3) is 23.2 Å². The smallest absolute Gasteiger partial charge is 0.423 e. The fourth-order valence-corrected chi connectivity index (χ4v) is 9.63. The molecule has 0 bridgehead atoms. The normalized spacial score (nSPS) is 22.0. The molecule has 2 saturated carbocycles. The predicted octanol–water partition coefficient (Wildman–Crippen LogP) is 8.10. The molecule has 0 radical (unpaired) electrons. The van der Waals surface area contributed by atoms with Crippen LogP contribution < -0.4 is 21.3 Å². The summed E-state index contributed by atoms with van der Waals surface area (Å²) in [6.07, 6.45) is 1.55. The Balaban J connectivity index is 0.894. The minimum Gasteiger partial charge on any atom is -0.423 e. The molecule has 19 nitrogen and oxygen atoms in total. The Bertz CT molecular complexity index is 2670. The highest BCUT2D eigenvalue weighted by molar-refractivity contribution is 5.99. The molecule has 19 heteroatoms. The third-order valence-electron chi connectivity index (χ3n) is 12.9. The van der Waals surface area contributed by atoms with Crippen LogP contribution in [0.4, 0.5) is 39.2 Å². The van der Waals surface area contributed by atoms with Gasteiger partial charge in [-0.05, 0) is 121 Å². The van der Waals surface area contributed by atoms with Gasteiger partial charge in [-0.15, -0.1) is 0 Å². The first-order chi connectivity index (χ1) is 30.9. The number of H-pyrrole nitrogens is 2. The summed E-state index contributed by atoms with van der Waals surface area (Å²) in [6.45, 7) is 0.897. The fraction of sp³-hybridized carbons (Fsp3) is 0.267. The lowest BCUT2D eigenvalue weighted by atomic mass is 9.89. The molecular formula is C45H40N10O9. The number of non-ortho nitro benzene ring substituents is 2. The van der Waals surface area contributed by atoms with E-state index in [0.29, 0.717) is 85.5 Å². The van der Waals surface area contributed by atoms with Crippen LogP contribution >= 0.6 is 0 Å². The largest absolute Gasteiger partial charge is 0.510 e. The standard InChI is InChI=1S/C45H40N10O9/c56-41-35-11-5-31(17-27(35)23-46-41)48-39-19-37(50-52-39)25-13-15-44(21-25,29-1-7-33(8-2-29)54(59)60)63-43(58)64-45(30-3-9-34(10-4-30)55(61)62)16-14-26(22-45)38-20-40(53-51-38)49-32-6-12-36-28(18-32)24-47-42(36)57/h1-12,17-20,25-26H,13-16,21-24H2,(H,46,56)(H,47,57)(H2,48,50,52)(H2,49,51,53)/t25-,26-,44+,45+/m0/s1. The summed E-state index contributed by atoms with van der Waals surface area (Å²) in [7, 11) is 0. The van der Waals surface area contributed by atoms with Crippen molar-refractivity contribution < 1.29 is 33.7 Å². The molecule has 10 rings (SSSR count). The SMILES string of the molecule is O=C(O[C@]1(c2ccc([N+](=O)[O-])cc2)CC[C@H](c2cc(Nc3ccc4c(c3)CNC4=O)n[nH]2)C1)O[C@]1(c2ccc([N+](=O)[O-])cc2)CC[C@H](c2cc(Nc3ccc4c(c3)CNC4=O)n[nH]2)C1. The van der Waals surface area contributed by atoms with Crippen LogP contribution in [0.2, 0.25) is 0 Å². The molecule has 6 aromatic rings. The molecule has 4 heterocycles. The van der Waals surface area contributed by atoms with Gasteiger partial charge >= 0.3 is 6.16 Å². The number of aromatic nitrogens is 4. The second-order valence-corrected chi connectivity index (χ2v) is 16.7. The Morgan fingerprint density at radius 3 is 1.45 bits per heavy atom. The van der Waals surface area contributed by atoms with Crippen LogP contribution in [0.15, 0.2) is 97.1 Å². The van der Waals surface area contributed by atoms with Crippen LogP contribution in [0.1, 0.15) is 105 Å². The summed E-state index contributed by atoms with van der Waals surface area (Å²) < 4.78 is 12.9. The van der Waals surface area contributed by atoms with Gasteiger partial charge in [0.2, 0.25) is 0 Å². The van der Waals surface area contributed by atoms with Gasteiger partial charge in [-0.2, -0.15) is 10.2 Å². The number of fused-ring (bicyclic) bond motifs is 2. The molecule has 2 aliphatic heterocycles. The quantitative estimate of drug-likeness (QED) is 0.0386. The van der Waals surface area contributed by atoms with Crippen LogP contribution in [0.3, 0.4) is 0 Å². The number of benzene rings is 4. The van der Waals surface area contributed by atoms with Crippen LogP contribution in [0.5, 0.6) is 0 Å². The monoisotopic (exact) mass is 864 g/mol. The fourth-order valence-electron chi connectivity index (χ4n) is 9.63. The number of nitrogens with zero attached hydrogens (tertiary/aromatic N) is 4. The lowest BCUT2D eigenvalue weighted by Crippen LogP contribution is -2.35. The highest BCUT2D eigenvalue weighted by atomic mass is 16.7. The van der Waals surface area contributed by atoms with Gasteiger partial charge in [0, 0.05) is 95.2 Å². The molecule has 2 aromatic heterocycles. The number of ether oxygens (including phenoxy) is 2. The Morgan fingerprint density at radius 1 is 0.625 bits per heavy atom. The first kappa shape index (κ1) is 40.0.